The second-order valence-corrected chi connectivity index (χ2v) is 8.77. The summed E-state index contributed by atoms with van der Waals surface area (Å²) >= 11 is 3.38. The predicted octanol–water partition coefficient (Wildman–Crippen LogP) is 4.32. The van der Waals surface area contributed by atoms with Crippen LogP contribution in [0.25, 0.3) is 0 Å². The third-order valence-corrected chi connectivity index (χ3v) is 6.32. The highest BCUT2D eigenvalue weighted by Gasteiger charge is 2.22. The summed E-state index contributed by atoms with van der Waals surface area (Å²) in [5, 5.41) is 35.7. The first-order valence-electron chi connectivity index (χ1n) is 11.4. The number of carbonyl (C=O) groups excluding carboxylic acids is 1. The molecule has 41 heavy (non-hydrogen) atoms. The highest BCUT2D eigenvalue weighted by Crippen LogP contribution is 2.38. The minimum absolute atomic E-state index is 0.0204. The number of pyridine rings is 1. The van der Waals surface area contributed by atoms with E-state index in [4.69, 9.17) is 18.9 Å². The Morgan fingerprint density at radius 3 is 2.51 bits per heavy atom. The maximum Gasteiger partial charge on any atom is 0.318 e. The number of nitriles is 1. The van der Waals surface area contributed by atoms with Crippen molar-refractivity contribution in [1.29, 1.82) is 5.26 Å². The predicted molar refractivity (Wildman–Crippen MR) is 146 cm³/mol. The number of aromatic nitrogens is 1. The quantitative estimate of drug-likeness (QED) is 0.170. The second-order valence-electron chi connectivity index (χ2n) is 7.98. The molecule has 3 aromatic rings. The summed E-state index contributed by atoms with van der Waals surface area (Å²) in [6.45, 7) is 1.37. The lowest BCUT2D eigenvalue weighted by Crippen LogP contribution is -2.25. The molecular weight excluding hydrogens is 608 g/mol. The first-order valence-corrected chi connectivity index (χ1v) is 12.2. The maximum atomic E-state index is 12.3. The molecule has 0 bridgehead atoms. The Morgan fingerprint density at radius 2 is 1.88 bits per heavy atom. The van der Waals surface area contributed by atoms with Crippen molar-refractivity contribution < 1.29 is 33.6 Å². The van der Waals surface area contributed by atoms with Crippen LogP contribution in [-0.2, 0) is 16.1 Å². The summed E-state index contributed by atoms with van der Waals surface area (Å²) in [5.74, 6) is -0.607. The number of rotatable bonds is 12. The number of nitro benzene ring substituents is 2. The first kappa shape index (κ1) is 30.4. The summed E-state index contributed by atoms with van der Waals surface area (Å²) in [7, 11) is 2.83. The van der Waals surface area contributed by atoms with Gasteiger partial charge in [0.2, 0.25) is 11.6 Å². The van der Waals surface area contributed by atoms with Crippen LogP contribution < -0.4 is 19.6 Å². The van der Waals surface area contributed by atoms with Crippen molar-refractivity contribution in [2.24, 2.45) is 5.10 Å². The van der Waals surface area contributed by atoms with E-state index in [-0.39, 0.29) is 35.3 Å². The molecule has 0 aliphatic heterocycles. The number of hydrazone groups is 1. The van der Waals surface area contributed by atoms with E-state index in [1.165, 1.54) is 38.6 Å². The summed E-state index contributed by atoms with van der Waals surface area (Å²) in [6, 6.07) is 9.47. The fourth-order valence-electron chi connectivity index (χ4n) is 3.37. The monoisotopic (exact) mass is 628 g/mol. The molecule has 3 rings (SSSR count). The number of carbonyl (C=O) groups is 1. The number of halogens is 1. The molecule has 0 aliphatic rings. The zero-order valence-electron chi connectivity index (χ0n) is 21.7. The number of nitro groups is 2. The molecule has 0 unspecified atom stereocenters. The van der Waals surface area contributed by atoms with Gasteiger partial charge in [0.1, 0.15) is 11.6 Å². The van der Waals surface area contributed by atoms with E-state index in [9.17, 15) is 30.3 Å². The molecule has 0 radical (unpaired) electrons. The molecule has 0 saturated heterocycles. The molecule has 0 spiro atoms. The van der Waals surface area contributed by atoms with Gasteiger partial charge in [0.15, 0.2) is 18.1 Å². The Morgan fingerprint density at radius 1 is 1.15 bits per heavy atom. The smallest absolute Gasteiger partial charge is 0.318 e. The number of benzene rings is 2. The van der Waals surface area contributed by atoms with Crippen LogP contribution in [-0.4, -0.2) is 47.8 Å². The van der Waals surface area contributed by atoms with Gasteiger partial charge in [-0.3, -0.25) is 25.0 Å². The van der Waals surface area contributed by atoms with Gasteiger partial charge in [-0.15, -0.1) is 0 Å². The number of methoxy groups -OCH3 is 2. The number of hydrogen-bond acceptors (Lipinski definition) is 12. The van der Waals surface area contributed by atoms with Gasteiger partial charge < -0.3 is 18.9 Å². The lowest BCUT2D eigenvalue weighted by molar-refractivity contribution is -0.394. The molecule has 212 valence electrons. The van der Waals surface area contributed by atoms with Gasteiger partial charge in [0.05, 0.1) is 41.5 Å². The van der Waals surface area contributed by atoms with Gasteiger partial charge in [-0.25, -0.2) is 10.4 Å². The first-order chi connectivity index (χ1) is 19.6. The molecule has 1 N–H and O–H groups in total. The Balaban J connectivity index is 1.68. The van der Waals surface area contributed by atoms with Crippen LogP contribution in [0.4, 0.5) is 11.4 Å². The van der Waals surface area contributed by atoms with Crippen LogP contribution in [0.1, 0.15) is 22.4 Å². The number of amides is 1. The van der Waals surface area contributed by atoms with Crippen molar-refractivity contribution in [3.8, 4) is 29.2 Å². The summed E-state index contributed by atoms with van der Waals surface area (Å²) in [6.07, 6.45) is 1.30. The molecule has 15 nitrogen and oxygen atoms in total. The number of aryl methyl sites for hydroxylation is 1. The fraction of sp³-hybridized carbons (Fsp3) is 0.200. The van der Waals surface area contributed by atoms with E-state index < -0.39 is 33.7 Å². The maximum absolute atomic E-state index is 12.3. The van der Waals surface area contributed by atoms with E-state index >= 15 is 0 Å². The number of nitrogens with zero attached hydrogens (tertiary/aromatic N) is 5. The lowest BCUT2D eigenvalue weighted by Gasteiger charge is -2.13. The Kier molecular flexibility index (Phi) is 10.2. The molecule has 1 heterocycles. The largest absolute Gasteiger partial charge is 0.493 e. The van der Waals surface area contributed by atoms with Crippen LogP contribution in [0.15, 0.2) is 46.0 Å². The van der Waals surface area contributed by atoms with Crippen LogP contribution in [0.2, 0.25) is 0 Å². The molecular formula is C25H21BrN6O9. The number of nitrogens with one attached hydrogen (secondary N) is 1. The minimum atomic E-state index is -0.796. The number of hydrogen-bond donors (Lipinski definition) is 1. The zero-order valence-corrected chi connectivity index (χ0v) is 23.3. The molecule has 0 atom stereocenters. The number of non-ortho nitro benzene ring substituents is 1. The molecule has 2 aromatic carbocycles. The summed E-state index contributed by atoms with van der Waals surface area (Å²) in [5.41, 5.74) is 2.93. The van der Waals surface area contributed by atoms with Gasteiger partial charge in [0.25, 0.3) is 11.6 Å². The van der Waals surface area contributed by atoms with Crippen LogP contribution in [0.5, 0.6) is 23.1 Å². The van der Waals surface area contributed by atoms with Crippen molar-refractivity contribution in [3.05, 3.63) is 83.5 Å². The van der Waals surface area contributed by atoms with Gasteiger partial charge in [-0.2, -0.15) is 10.4 Å². The van der Waals surface area contributed by atoms with Crippen molar-refractivity contribution in [3.63, 3.8) is 0 Å². The van der Waals surface area contributed by atoms with Crippen molar-refractivity contribution >= 4 is 39.4 Å². The third kappa shape index (κ3) is 7.50. The van der Waals surface area contributed by atoms with Crippen molar-refractivity contribution in [1.82, 2.24) is 10.4 Å². The van der Waals surface area contributed by atoms with Gasteiger partial charge >= 0.3 is 5.69 Å². The Bertz CT molecular complexity index is 1570. The summed E-state index contributed by atoms with van der Waals surface area (Å²) in [4.78, 5) is 37.3. The van der Waals surface area contributed by atoms with Crippen LogP contribution >= 0.6 is 15.9 Å². The minimum Gasteiger partial charge on any atom is -0.493 e. The molecule has 16 heteroatoms. The normalized spacial score (nSPS) is 10.6. The molecule has 0 saturated carbocycles. The topological polar surface area (TPSA) is 201 Å². The van der Waals surface area contributed by atoms with Crippen LogP contribution in [0.3, 0.4) is 0 Å². The van der Waals surface area contributed by atoms with E-state index in [2.05, 4.69) is 31.4 Å². The van der Waals surface area contributed by atoms with E-state index in [1.54, 1.807) is 6.92 Å². The highest BCUT2D eigenvalue weighted by atomic mass is 79.9. The summed E-state index contributed by atoms with van der Waals surface area (Å²) < 4.78 is 22.1. The third-order valence-electron chi connectivity index (χ3n) is 5.27. The van der Waals surface area contributed by atoms with Gasteiger partial charge in [-0.05, 0) is 52.7 Å². The molecule has 0 fully saturated rings. The highest BCUT2D eigenvalue weighted by molar-refractivity contribution is 9.10. The van der Waals surface area contributed by atoms with E-state index in [0.29, 0.717) is 21.3 Å². The average Bonchev–Trinajstić information content (AvgIpc) is 2.95. The lowest BCUT2D eigenvalue weighted by atomic mass is 10.1. The van der Waals surface area contributed by atoms with Crippen molar-refractivity contribution in [2.45, 2.75) is 13.5 Å². The van der Waals surface area contributed by atoms with Gasteiger partial charge in [-0.1, -0.05) is 0 Å². The van der Waals surface area contributed by atoms with Gasteiger partial charge in [0, 0.05) is 23.2 Å². The van der Waals surface area contributed by atoms with Crippen molar-refractivity contribution in [2.75, 3.05) is 20.8 Å². The Hall–Kier alpha value is -5.14. The standard InChI is InChI=1S/C25H21BrN6O9/c1-14-24(26)18(12-38-2)17(10-27)25(29-14)40-13-23(33)30-28-11-15-4-6-21(22(8-15)39-3)41-20-7-5-16(31(34)35)9-19(20)32(36)37/h4-9,11H,12-13H2,1-3H3,(H,30,33)/b28-11-. The van der Waals surface area contributed by atoms with E-state index in [1.807, 2.05) is 6.07 Å². The van der Waals surface area contributed by atoms with E-state index in [0.717, 1.165) is 18.2 Å². The molecule has 0 aliphatic carbocycles. The van der Waals surface area contributed by atoms with Crippen LogP contribution in [0, 0.1) is 38.5 Å². The number of ether oxygens (including phenoxy) is 4. The SMILES string of the molecule is COCc1c(Br)c(C)nc(OCC(=O)N/N=C\c2ccc(Oc3ccc([N+](=O)[O-])cc3[N+](=O)[O-])c(OC)c2)c1C#N. The Labute approximate surface area is 240 Å². The average molecular weight is 629 g/mol. The zero-order chi connectivity index (χ0) is 30.1. The second kappa shape index (κ2) is 13.8. The fourth-order valence-corrected chi connectivity index (χ4v) is 3.78. The molecule has 1 aromatic heterocycles. The molecule has 1 amide bonds.